The summed E-state index contributed by atoms with van der Waals surface area (Å²) in [6, 6.07) is 3.65. The first-order chi connectivity index (χ1) is 6.46. The van der Waals surface area contributed by atoms with Crippen molar-refractivity contribution in [1.82, 2.24) is 10.2 Å². The lowest BCUT2D eigenvalue weighted by Gasteiger charge is -1.69. The van der Waals surface area contributed by atoms with Crippen molar-refractivity contribution in [2.45, 2.75) is 6.92 Å². The van der Waals surface area contributed by atoms with Gasteiger partial charge in [0.25, 0.3) is 5.97 Å². The SMILES string of the molecule is CC(=O)O.O=[PH](O)O.c1ccnnc1. The molecule has 0 amide bonds. The van der Waals surface area contributed by atoms with Gasteiger partial charge in [-0.15, -0.1) is 0 Å². The molecule has 0 atom stereocenters. The van der Waals surface area contributed by atoms with E-state index in [4.69, 9.17) is 24.3 Å². The molecule has 80 valence electrons. The van der Waals surface area contributed by atoms with Crippen molar-refractivity contribution >= 4 is 14.2 Å². The lowest BCUT2D eigenvalue weighted by atomic mass is 10.6. The zero-order valence-corrected chi connectivity index (χ0v) is 8.36. The fourth-order valence-corrected chi connectivity index (χ4v) is 0.253. The third kappa shape index (κ3) is 45.6. The minimum Gasteiger partial charge on any atom is -0.481 e. The Balaban J connectivity index is 0. The molecule has 0 unspecified atom stereocenters. The summed E-state index contributed by atoms with van der Waals surface area (Å²) < 4.78 is 8.74. The molecule has 0 saturated heterocycles. The molecular formula is C6H11N2O5P. The largest absolute Gasteiger partial charge is 0.481 e. The van der Waals surface area contributed by atoms with E-state index in [0.29, 0.717) is 0 Å². The van der Waals surface area contributed by atoms with Crippen LogP contribution in [0.25, 0.3) is 0 Å². The minimum absolute atomic E-state index is 0.833. The van der Waals surface area contributed by atoms with Gasteiger partial charge in [0.05, 0.1) is 0 Å². The summed E-state index contributed by atoms with van der Waals surface area (Å²) in [5.74, 6) is -0.833. The Kier molecular flexibility index (Phi) is 12.7. The van der Waals surface area contributed by atoms with E-state index in [1.165, 1.54) is 0 Å². The molecule has 0 aliphatic carbocycles. The number of hydrogen-bond donors (Lipinski definition) is 3. The van der Waals surface area contributed by atoms with Crippen LogP contribution in [0.15, 0.2) is 24.5 Å². The number of carbonyl (C=O) groups is 1. The average Bonchev–Trinajstić information content (AvgIpc) is 2.05. The highest BCUT2D eigenvalue weighted by Gasteiger charge is 1.65. The Labute approximate surface area is 81.0 Å². The second-order valence-electron chi connectivity index (χ2n) is 1.72. The topological polar surface area (TPSA) is 121 Å². The molecule has 0 aromatic carbocycles. The number of hydrogen-bond acceptors (Lipinski definition) is 4. The van der Waals surface area contributed by atoms with Gasteiger partial charge in [-0.2, -0.15) is 10.2 Å². The van der Waals surface area contributed by atoms with Gasteiger partial charge < -0.3 is 14.9 Å². The molecule has 8 heteroatoms. The predicted molar refractivity (Wildman–Crippen MR) is 48.8 cm³/mol. The Morgan fingerprint density at radius 1 is 1.21 bits per heavy atom. The van der Waals surface area contributed by atoms with Gasteiger partial charge in [0.2, 0.25) is 0 Å². The number of aromatic nitrogens is 2. The van der Waals surface area contributed by atoms with Gasteiger partial charge in [-0.1, -0.05) is 0 Å². The van der Waals surface area contributed by atoms with E-state index in [-0.39, 0.29) is 0 Å². The van der Waals surface area contributed by atoms with Crippen molar-refractivity contribution in [3.63, 3.8) is 0 Å². The highest BCUT2D eigenvalue weighted by atomic mass is 31.1. The molecule has 0 radical (unpaired) electrons. The third-order valence-corrected chi connectivity index (χ3v) is 0.483. The third-order valence-electron chi connectivity index (χ3n) is 0.483. The number of carboxylic acids is 1. The lowest BCUT2D eigenvalue weighted by Crippen LogP contribution is -1.78. The fourth-order valence-electron chi connectivity index (χ4n) is 0.253. The van der Waals surface area contributed by atoms with Gasteiger partial charge in [-0.05, 0) is 12.1 Å². The zero-order chi connectivity index (χ0) is 11.4. The average molecular weight is 222 g/mol. The van der Waals surface area contributed by atoms with Gasteiger partial charge in [-0.25, -0.2) is 0 Å². The molecule has 0 fully saturated rings. The number of rotatable bonds is 0. The molecule has 1 aromatic rings. The summed E-state index contributed by atoms with van der Waals surface area (Å²) in [7, 11) is -3.13. The Morgan fingerprint density at radius 2 is 1.43 bits per heavy atom. The molecule has 0 bridgehead atoms. The molecule has 0 aliphatic heterocycles. The number of carboxylic acid groups (broad SMARTS) is 1. The van der Waals surface area contributed by atoms with Gasteiger partial charge in [-0.3, -0.25) is 9.36 Å². The van der Waals surface area contributed by atoms with Crippen LogP contribution < -0.4 is 0 Å². The Bertz CT molecular complexity index is 209. The van der Waals surface area contributed by atoms with Crippen LogP contribution in [-0.4, -0.2) is 31.1 Å². The zero-order valence-electron chi connectivity index (χ0n) is 7.36. The van der Waals surface area contributed by atoms with Crippen LogP contribution in [0.5, 0.6) is 0 Å². The van der Waals surface area contributed by atoms with Crippen LogP contribution in [0.1, 0.15) is 6.92 Å². The number of nitrogens with zero attached hydrogens (tertiary/aromatic N) is 2. The van der Waals surface area contributed by atoms with Gasteiger partial charge in [0.1, 0.15) is 0 Å². The molecule has 1 heterocycles. The van der Waals surface area contributed by atoms with Crippen LogP contribution in [0.2, 0.25) is 0 Å². The Hall–Kier alpha value is -1.30. The van der Waals surface area contributed by atoms with Crippen molar-refractivity contribution in [2.24, 2.45) is 0 Å². The van der Waals surface area contributed by atoms with Crippen LogP contribution >= 0.6 is 8.25 Å². The minimum atomic E-state index is -3.13. The highest BCUT2D eigenvalue weighted by Crippen LogP contribution is 1.98. The van der Waals surface area contributed by atoms with Crippen molar-refractivity contribution in [3.8, 4) is 0 Å². The van der Waals surface area contributed by atoms with E-state index in [1.54, 1.807) is 12.4 Å². The van der Waals surface area contributed by atoms with Gasteiger partial charge >= 0.3 is 8.25 Å². The van der Waals surface area contributed by atoms with Gasteiger partial charge in [0.15, 0.2) is 0 Å². The standard InChI is InChI=1S/C4H4N2.C2H4O2.H3O3P/c1-2-4-6-5-3-1;1-2(3)4;1-4(2)3/h1-4H;1H3,(H,3,4);4H,(H2,1,2,3). The molecule has 3 N–H and O–H groups in total. The molecule has 0 saturated carbocycles. The van der Waals surface area contributed by atoms with Crippen molar-refractivity contribution in [3.05, 3.63) is 24.5 Å². The van der Waals surface area contributed by atoms with Gasteiger partial charge in [0, 0.05) is 19.3 Å². The van der Waals surface area contributed by atoms with Crippen molar-refractivity contribution < 1.29 is 24.3 Å². The lowest BCUT2D eigenvalue weighted by molar-refractivity contribution is -0.134. The van der Waals surface area contributed by atoms with Crippen molar-refractivity contribution in [2.75, 3.05) is 0 Å². The monoisotopic (exact) mass is 222 g/mol. The summed E-state index contributed by atoms with van der Waals surface area (Å²) in [4.78, 5) is 23.3. The van der Waals surface area contributed by atoms with Crippen LogP contribution in [0.3, 0.4) is 0 Å². The highest BCUT2D eigenvalue weighted by molar-refractivity contribution is 7.30. The second kappa shape index (κ2) is 11.7. The molecule has 0 aliphatic rings. The van der Waals surface area contributed by atoms with E-state index in [0.717, 1.165) is 6.92 Å². The van der Waals surface area contributed by atoms with E-state index in [1.807, 2.05) is 12.1 Å². The van der Waals surface area contributed by atoms with E-state index >= 15 is 0 Å². The fraction of sp³-hybridized carbons (Fsp3) is 0.167. The first-order valence-electron chi connectivity index (χ1n) is 3.30. The summed E-state index contributed by atoms with van der Waals surface area (Å²) in [5, 5.41) is 14.5. The quantitative estimate of drug-likeness (QED) is 0.525. The van der Waals surface area contributed by atoms with E-state index < -0.39 is 14.2 Å². The predicted octanol–water partition coefficient (Wildman–Crippen LogP) is -0.0718. The maximum atomic E-state index is 9.00. The maximum absolute atomic E-state index is 9.00. The molecule has 1 rings (SSSR count). The molecule has 1 aromatic heterocycles. The van der Waals surface area contributed by atoms with Crippen LogP contribution in [-0.2, 0) is 9.36 Å². The second-order valence-corrected chi connectivity index (χ2v) is 2.28. The smallest absolute Gasteiger partial charge is 0.314 e. The number of aliphatic carboxylic acids is 1. The Morgan fingerprint density at radius 3 is 1.50 bits per heavy atom. The maximum Gasteiger partial charge on any atom is 0.314 e. The van der Waals surface area contributed by atoms with Crippen LogP contribution in [0, 0.1) is 0 Å². The summed E-state index contributed by atoms with van der Waals surface area (Å²) >= 11 is 0. The molecule has 0 spiro atoms. The molecule has 14 heavy (non-hydrogen) atoms. The van der Waals surface area contributed by atoms with E-state index in [2.05, 4.69) is 10.2 Å². The van der Waals surface area contributed by atoms with Crippen molar-refractivity contribution in [1.29, 1.82) is 0 Å². The summed E-state index contributed by atoms with van der Waals surface area (Å²) in [6.07, 6.45) is 3.28. The first-order valence-corrected chi connectivity index (χ1v) is 4.60. The van der Waals surface area contributed by atoms with E-state index in [9.17, 15) is 0 Å². The summed E-state index contributed by atoms with van der Waals surface area (Å²) in [6.45, 7) is 1.08. The molecular weight excluding hydrogens is 211 g/mol. The molecule has 7 nitrogen and oxygen atoms in total. The first kappa shape index (κ1) is 15.2. The summed E-state index contributed by atoms with van der Waals surface area (Å²) in [5.41, 5.74) is 0. The van der Waals surface area contributed by atoms with Crippen LogP contribution in [0.4, 0.5) is 0 Å². The normalized spacial score (nSPS) is 7.71.